The lowest BCUT2D eigenvalue weighted by molar-refractivity contribution is -0.137. The van der Waals surface area contributed by atoms with Gasteiger partial charge in [0.2, 0.25) is 0 Å². The van der Waals surface area contributed by atoms with Crippen molar-refractivity contribution >= 4 is 0 Å². The maximum atomic E-state index is 12.7. The van der Waals surface area contributed by atoms with Crippen LogP contribution in [0.1, 0.15) is 23.9 Å². The Hall–Kier alpha value is -2.09. The van der Waals surface area contributed by atoms with Crippen molar-refractivity contribution in [3.05, 3.63) is 51.8 Å². The van der Waals surface area contributed by atoms with Gasteiger partial charge in [-0.05, 0) is 18.1 Å². The number of alkyl halides is 3. The van der Waals surface area contributed by atoms with Crippen LogP contribution in [0.3, 0.4) is 0 Å². The van der Waals surface area contributed by atoms with E-state index in [9.17, 15) is 18.0 Å². The van der Waals surface area contributed by atoms with Crippen LogP contribution in [-0.2, 0) is 18.0 Å². The van der Waals surface area contributed by atoms with Gasteiger partial charge in [0, 0.05) is 12.0 Å². The van der Waals surface area contributed by atoms with Crippen LogP contribution >= 0.6 is 0 Å². The summed E-state index contributed by atoms with van der Waals surface area (Å²) in [5, 5.41) is 3.58. The van der Waals surface area contributed by atoms with E-state index in [1.54, 1.807) is 13.0 Å². The molecule has 3 N–H and O–H groups in total. The minimum atomic E-state index is -4.41. The molecule has 0 spiro atoms. The van der Waals surface area contributed by atoms with Crippen molar-refractivity contribution < 1.29 is 17.7 Å². The Balaban J connectivity index is 2.33. The third-order valence-electron chi connectivity index (χ3n) is 3.31. The molecule has 0 radical (unpaired) electrons. The van der Waals surface area contributed by atoms with Crippen LogP contribution in [0.4, 0.5) is 13.2 Å². The van der Waals surface area contributed by atoms with Gasteiger partial charge in [-0.25, -0.2) is 4.79 Å². The smallest absolute Gasteiger partial charge is 0.329 e. The van der Waals surface area contributed by atoms with E-state index in [1.165, 1.54) is 6.07 Å². The normalized spacial score (nSPS) is 14.9. The van der Waals surface area contributed by atoms with Crippen LogP contribution in [0.25, 0.3) is 0 Å². The van der Waals surface area contributed by atoms with Crippen molar-refractivity contribution in [2.75, 3.05) is 6.54 Å². The second-order valence-electron chi connectivity index (χ2n) is 5.08. The molecule has 0 aliphatic heterocycles. The molecule has 0 aliphatic carbocycles. The molecule has 8 heteroatoms. The van der Waals surface area contributed by atoms with E-state index < -0.39 is 22.9 Å². The zero-order valence-corrected chi connectivity index (χ0v) is 11.2. The Morgan fingerprint density at radius 3 is 2.62 bits per heavy atom. The van der Waals surface area contributed by atoms with Gasteiger partial charge >= 0.3 is 11.9 Å². The zero-order valence-electron chi connectivity index (χ0n) is 11.2. The van der Waals surface area contributed by atoms with Crippen LogP contribution in [-0.4, -0.2) is 16.7 Å². The molecular weight excluding hydrogens is 287 g/mol. The van der Waals surface area contributed by atoms with Crippen LogP contribution in [0.15, 0.2) is 33.6 Å². The third-order valence-corrected chi connectivity index (χ3v) is 3.31. The molecule has 1 aromatic heterocycles. The molecule has 0 amide bonds. The number of nitrogens with one attached hydrogen (secondary N) is 1. The van der Waals surface area contributed by atoms with Gasteiger partial charge < -0.3 is 5.73 Å². The first-order valence-electron chi connectivity index (χ1n) is 6.17. The lowest BCUT2D eigenvalue weighted by Crippen LogP contribution is -2.35. The minimum absolute atomic E-state index is 0.0890. The SMILES string of the molecule is CC(CN)(Cc1cccc(C(F)(F)F)c1)c1noc(=O)[nH]1. The maximum absolute atomic E-state index is 12.7. The summed E-state index contributed by atoms with van der Waals surface area (Å²) in [6.07, 6.45) is -4.22. The van der Waals surface area contributed by atoms with Gasteiger partial charge in [-0.1, -0.05) is 30.3 Å². The van der Waals surface area contributed by atoms with Crippen molar-refractivity contribution in [2.45, 2.75) is 24.9 Å². The molecule has 21 heavy (non-hydrogen) atoms. The first-order valence-corrected chi connectivity index (χ1v) is 6.17. The van der Waals surface area contributed by atoms with Crippen molar-refractivity contribution in [3.63, 3.8) is 0 Å². The second-order valence-corrected chi connectivity index (χ2v) is 5.08. The van der Waals surface area contributed by atoms with Crippen molar-refractivity contribution in [1.29, 1.82) is 0 Å². The maximum Gasteiger partial charge on any atom is 0.438 e. The summed E-state index contributed by atoms with van der Waals surface area (Å²) >= 11 is 0. The molecule has 0 saturated carbocycles. The van der Waals surface area contributed by atoms with Gasteiger partial charge in [-0.3, -0.25) is 9.51 Å². The largest absolute Gasteiger partial charge is 0.438 e. The number of H-pyrrole nitrogens is 1. The Morgan fingerprint density at radius 1 is 1.38 bits per heavy atom. The third kappa shape index (κ3) is 3.33. The summed E-state index contributed by atoms with van der Waals surface area (Å²) in [5.41, 5.74) is 4.59. The Bertz CT molecular complexity index is 678. The first-order chi connectivity index (χ1) is 9.74. The van der Waals surface area contributed by atoms with Gasteiger partial charge in [0.25, 0.3) is 0 Å². The molecule has 114 valence electrons. The van der Waals surface area contributed by atoms with E-state index in [2.05, 4.69) is 14.7 Å². The summed E-state index contributed by atoms with van der Waals surface area (Å²) in [7, 11) is 0. The van der Waals surface area contributed by atoms with Crippen molar-refractivity contribution in [1.82, 2.24) is 10.1 Å². The molecule has 0 saturated heterocycles. The Labute approximate surface area is 117 Å². The van der Waals surface area contributed by atoms with Gasteiger partial charge in [-0.2, -0.15) is 13.2 Å². The molecule has 0 fully saturated rings. The van der Waals surface area contributed by atoms with Crippen LogP contribution in [0.2, 0.25) is 0 Å². The van der Waals surface area contributed by atoms with E-state index in [0.717, 1.165) is 12.1 Å². The van der Waals surface area contributed by atoms with Crippen LogP contribution in [0, 0.1) is 0 Å². The zero-order chi connectivity index (χ0) is 15.7. The average molecular weight is 301 g/mol. The van der Waals surface area contributed by atoms with Crippen LogP contribution in [0.5, 0.6) is 0 Å². The van der Waals surface area contributed by atoms with E-state index >= 15 is 0 Å². The topological polar surface area (TPSA) is 84.9 Å². The highest BCUT2D eigenvalue weighted by atomic mass is 19.4. The van der Waals surface area contributed by atoms with E-state index in [1.807, 2.05) is 0 Å². The number of benzene rings is 1. The summed E-state index contributed by atoms with van der Waals surface area (Å²) < 4.78 is 42.6. The molecule has 5 nitrogen and oxygen atoms in total. The van der Waals surface area contributed by atoms with Gasteiger partial charge in [0.15, 0.2) is 5.82 Å². The second kappa shape index (κ2) is 5.36. The molecule has 2 aromatic rings. The van der Waals surface area contributed by atoms with Gasteiger partial charge in [0.05, 0.1) is 5.56 Å². The number of aromatic nitrogens is 2. The summed E-state index contributed by atoms with van der Waals surface area (Å²) in [5.74, 6) is -0.513. The fraction of sp³-hybridized carbons (Fsp3) is 0.385. The number of nitrogens with zero attached hydrogens (tertiary/aromatic N) is 1. The fourth-order valence-electron chi connectivity index (χ4n) is 2.05. The number of aromatic amines is 1. The number of nitrogens with two attached hydrogens (primary N) is 1. The highest BCUT2D eigenvalue weighted by Gasteiger charge is 2.33. The summed E-state index contributed by atoms with van der Waals surface area (Å²) in [6.45, 7) is 1.78. The summed E-state index contributed by atoms with van der Waals surface area (Å²) in [4.78, 5) is 13.4. The fourth-order valence-corrected chi connectivity index (χ4v) is 2.05. The average Bonchev–Trinajstić information content (AvgIpc) is 2.85. The lowest BCUT2D eigenvalue weighted by Gasteiger charge is -2.24. The van der Waals surface area contributed by atoms with E-state index in [4.69, 9.17) is 5.73 Å². The molecular formula is C13H14F3N3O2. The minimum Gasteiger partial charge on any atom is -0.329 e. The lowest BCUT2D eigenvalue weighted by atomic mass is 9.82. The molecule has 1 unspecified atom stereocenters. The predicted octanol–water partition coefficient (Wildman–Crippen LogP) is 1.84. The van der Waals surface area contributed by atoms with Crippen LogP contribution < -0.4 is 11.5 Å². The highest BCUT2D eigenvalue weighted by molar-refractivity contribution is 5.28. The van der Waals surface area contributed by atoms with Crippen molar-refractivity contribution in [3.8, 4) is 0 Å². The molecule has 1 atom stereocenters. The Kier molecular flexibility index (Phi) is 3.91. The number of rotatable bonds is 4. The standard InChI is InChI=1S/C13H14F3N3O2/c1-12(7-17,10-18-11(20)21-19-10)6-8-3-2-4-9(5-8)13(14,15)16/h2-5H,6-7,17H2,1H3,(H,18,19,20). The number of hydrogen-bond donors (Lipinski definition) is 2. The Morgan fingerprint density at radius 2 is 2.10 bits per heavy atom. The summed E-state index contributed by atoms with van der Waals surface area (Å²) in [6, 6.07) is 4.97. The molecule has 2 rings (SSSR count). The highest BCUT2D eigenvalue weighted by Crippen LogP contribution is 2.31. The molecule has 0 bridgehead atoms. The molecule has 1 heterocycles. The molecule has 1 aromatic carbocycles. The van der Waals surface area contributed by atoms with Gasteiger partial charge in [-0.15, -0.1) is 0 Å². The van der Waals surface area contributed by atoms with Gasteiger partial charge in [0.1, 0.15) is 0 Å². The predicted molar refractivity (Wildman–Crippen MR) is 68.7 cm³/mol. The monoisotopic (exact) mass is 301 g/mol. The number of hydrogen-bond acceptors (Lipinski definition) is 4. The van der Waals surface area contributed by atoms with Crippen molar-refractivity contribution in [2.24, 2.45) is 5.73 Å². The first kappa shape index (κ1) is 15.3. The quantitative estimate of drug-likeness (QED) is 0.902. The molecule has 0 aliphatic rings. The number of halogens is 3. The van der Waals surface area contributed by atoms with E-state index in [-0.39, 0.29) is 18.8 Å². The van der Waals surface area contributed by atoms with E-state index in [0.29, 0.717) is 5.56 Å².